The number of nitrogens with one attached hydrogen (secondary N) is 2. The van der Waals surface area contributed by atoms with Gasteiger partial charge in [0.25, 0.3) is 0 Å². The highest BCUT2D eigenvalue weighted by molar-refractivity contribution is 5.92. The van der Waals surface area contributed by atoms with Gasteiger partial charge in [-0.2, -0.15) is 10.1 Å². The van der Waals surface area contributed by atoms with Crippen LogP contribution in [0.25, 0.3) is 22.2 Å². The summed E-state index contributed by atoms with van der Waals surface area (Å²) in [5.74, 6) is 0.980. The second-order valence-corrected chi connectivity index (χ2v) is 6.99. The Morgan fingerprint density at radius 3 is 2.80 bits per heavy atom. The standard InChI is InChI=1S/C18H24N6O/c1-18(2,11-25)7-3-8-20-16-13-5-4-12(14-6-9-21-24-14)10-15(13)22-17(19)23-16/h4-6,9-10,25H,3,7-8,11H2,1-2H3,(H,21,24)(H3,19,20,22,23). The molecule has 0 saturated carbocycles. The number of benzene rings is 1. The SMILES string of the molecule is CC(C)(CO)CCCNc1nc(N)nc2cc(-c3ccn[nH]3)ccc12. The van der Waals surface area contributed by atoms with Crippen molar-refractivity contribution in [3.8, 4) is 11.3 Å². The van der Waals surface area contributed by atoms with Crippen molar-refractivity contribution in [1.29, 1.82) is 0 Å². The minimum Gasteiger partial charge on any atom is -0.396 e. The Labute approximate surface area is 146 Å². The minimum atomic E-state index is -0.0621. The van der Waals surface area contributed by atoms with E-state index >= 15 is 0 Å². The maximum absolute atomic E-state index is 9.33. The summed E-state index contributed by atoms with van der Waals surface area (Å²) in [6.45, 7) is 5.06. The van der Waals surface area contributed by atoms with E-state index in [-0.39, 0.29) is 18.0 Å². The number of aromatic nitrogens is 4. The molecule has 0 bridgehead atoms. The van der Waals surface area contributed by atoms with E-state index in [4.69, 9.17) is 5.73 Å². The van der Waals surface area contributed by atoms with Crippen LogP contribution in [0.2, 0.25) is 0 Å². The Morgan fingerprint density at radius 1 is 1.24 bits per heavy atom. The first-order valence-corrected chi connectivity index (χ1v) is 8.40. The lowest BCUT2D eigenvalue weighted by Gasteiger charge is -2.21. The molecule has 0 unspecified atom stereocenters. The number of aromatic amines is 1. The van der Waals surface area contributed by atoms with Crippen LogP contribution in [0.4, 0.5) is 11.8 Å². The number of nitrogen functional groups attached to an aromatic ring is 1. The molecule has 0 saturated heterocycles. The third-order valence-electron chi connectivity index (χ3n) is 4.28. The van der Waals surface area contributed by atoms with E-state index in [1.54, 1.807) is 6.20 Å². The molecule has 0 aliphatic rings. The Bertz CT molecular complexity index is 844. The zero-order valence-electron chi connectivity index (χ0n) is 14.6. The maximum atomic E-state index is 9.33. The lowest BCUT2D eigenvalue weighted by atomic mass is 9.89. The molecule has 0 aliphatic carbocycles. The first-order chi connectivity index (χ1) is 12.0. The number of rotatable bonds is 7. The van der Waals surface area contributed by atoms with Gasteiger partial charge in [-0.05, 0) is 36.5 Å². The van der Waals surface area contributed by atoms with Gasteiger partial charge in [-0.15, -0.1) is 0 Å². The summed E-state index contributed by atoms with van der Waals surface area (Å²) in [5.41, 5.74) is 8.53. The van der Waals surface area contributed by atoms with Crippen LogP contribution in [-0.4, -0.2) is 38.4 Å². The van der Waals surface area contributed by atoms with Gasteiger partial charge < -0.3 is 16.2 Å². The number of aliphatic hydroxyl groups excluding tert-OH is 1. The molecule has 3 aromatic rings. The van der Waals surface area contributed by atoms with Crippen LogP contribution >= 0.6 is 0 Å². The molecule has 0 radical (unpaired) electrons. The van der Waals surface area contributed by atoms with E-state index in [2.05, 4.69) is 39.3 Å². The van der Waals surface area contributed by atoms with Crippen molar-refractivity contribution in [2.75, 3.05) is 24.2 Å². The van der Waals surface area contributed by atoms with Crippen LogP contribution < -0.4 is 11.1 Å². The monoisotopic (exact) mass is 340 g/mol. The van der Waals surface area contributed by atoms with Gasteiger partial charge in [-0.25, -0.2) is 4.98 Å². The highest BCUT2D eigenvalue weighted by atomic mass is 16.3. The third-order valence-corrected chi connectivity index (χ3v) is 4.28. The summed E-state index contributed by atoms with van der Waals surface area (Å²) >= 11 is 0. The fourth-order valence-corrected chi connectivity index (χ4v) is 2.72. The van der Waals surface area contributed by atoms with Crippen LogP contribution in [0.3, 0.4) is 0 Å². The fourth-order valence-electron chi connectivity index (χ4n) is 2.72. The number of anilines is 2. The van der Waals surface area contributed by atoms with Crippen molar-refractivity contribution in [2.45, 2.75) is 26.7 Å². The number of hydrogen-bond acceptors (Lipinski definition) is 6. The predicted octanol–water partition coefficient (Wildman–Crippen LogP) is 2.81. The van der Waals surface area contributed by atoms with Crippen LogP contribution in [0.1, 0.15) is 26.7 Å². The molecular weight excluding hydrogens is 316 g/mol. The molecule has 0 fully saturated rings. The molecule has 3 rings (SSSR count). The molecule has 0 atom stereocenters. The van der Waals surface area contributed by atoms with E-state index in [1.165, 1.54) is 0 Å². The number of nitrogens with two attached hydrogens (primary N) is 1. The summed E-state index contributed by atoms with van der Waals surface area (Å²) in [7, 11) is 0. The van der Waals surface area contributed by atoms with Crippen molar-refractivity contribution in [2.24, 2.45) is 5.41 Å². The third kappa shape index (κ3) is 4.06. The fraction of sp³-hybridized carbons (Fsp3) is 0.389. The van der Waals surface area contributed by atoms with E-state index < -0.39 is 0 Å². The first kappa shape index (κ1) is 17.2. The van der Waals surface area contributed by atoms with Crippen LogP contribution in [0, 0.1) is 5.41 Å². The summed E-state index contributed by atoms with van der Waals surface area (Å²) < 4.78 is 0. The molecule has 132 valence electrons. The molecule has 1 aromatic carbocycles. The van der Waals surface area contributed by atoms with Gasteiger partial charge >= 0.3 is 0 Å². The lowest BCUT2D eigenvalue weighted by molar-refractivity contribution is 0.149. The summed E-state index contributed by atoms with van der Waals surface area (Å²) in [6, 6.07) is 7.88. The van der Waals surface area contributed by atoms with Gasteiger partial charge in [-0.3, -0.25) is 5.10 Å². The molecule has 2 heterocycles. The molecule has 7 nitrogen and oxygen atoms in total. The minimum absolute atomic E-state index is 0.0621. The zero-order chi connectivity index (χ0) is 17.9. The topological polar surface area (TPSA) is 113 Å². The van der Waals surface area contributed by atoms with Gasteiger partial charge in [0.15, 0.2) is 0 Å². The second-order valence-electron chi connectivity index (χ2n) is 6.99. The van der Waals surface area contributed by atoms with E-state index in [1.807, 2.05) is 24.3 Å². The van der Waals surface area contributed by atoms with Crippen molar-refractivity contribution >= 4 is 22.7 Å². The van der Waals surface area contributed by atoms with Gasteiger partial charge in [0.1, 0.15) is 5.82 Å². The molecule has 5 N–H and O–H groups in total. The van der Waals surface area contributed by atoms with Crippen LogP contribution in [0.5, 0.6) is 0 Å². The Morgan fingerprint density at radius 2 is 2.08 bits per heavy atom. The molecule has 25 heavy (non-hydrogen) atoms. The average molecular weight is 340 g/mol. The molecule has 0 spiro atoms. The summed E-state index contributed by atoms with van der Waals surface area (Å²) in [6.07, 6.45) is 3.58. The van der Waals surface area contributed by atoms with E-state index in [0.717, 1.165) is 47.4 Å². The van der Waals surface area contributed by atoms with Gasteiger partial charge in [0.05, 0.1) is 11.2 Å². The van der Waals surface area contributed by atoms with Gasteiger partial charge in [0, 0.05) is 30.3 Å². The quantitative estimate of drug-likeness (QED) is 0.492. The zero-order valence-corrected chi connectivity index (χ0v) is 14.6. The van der Waals surface area contributed by atoms with E-state index in [0.29, 0.717) is 0 Å². The molecule has 0 amide bonds. The Kier molecular flexibility index (Phi) is 4.85. The van der Waals surface area contributed by atoms with Gasteiger partial charge in [-0.1, -0.05) is 19.9 Å². The van der Waals surface area contributed by atoms with E-state index in [9.17, 15) is 5.11 Å². The number of fused-ring (bicyclic) bond motifs is 1. The Balaban J connectivity index is 1.79. The largest absolute Gasteiger partial charge is 0.396 e. The predicted molar refractivity (Wildman–Crippen MR) is 100 cm³/mol. The Hall–Kier alpha value is -2.67. The first-order valence-electron chi connectivity index (χ1n) is 8.40. The molecule has 7 heteroatoms. The maximum Gasteiger partial charge on any atom is 0.222 e. The summed E-state index contributed by atoms with van der Waals surface area (Å²) in [4.78, 5) is 8.68. The lowest BCUT2D eigenvalue weighted by Crippen LogP contribution is -2.18. The highest BCUT2D eigenvalue weighted by Gasteiger charge is 2.15. The molecule has 0 aliphatic heterocycles. The van der Waals surface area contributed by atoms with Crippen LogP contribution in [-0.2, 0) is 0 Å². The van der Waals surface area contributed by atoms with Crippen LogP contribution in [0.15, 0.2) is 30.5 Å². The highest BCUT2D eigenvalue weighted by Crippen LogP contribution is 2.27. The number of H-pyrrole nitrogens is 1. The average Bonchev–Trinajstić information content (AvgIpc) is 3.12. The van der Waals surface area contributed by atoms with Crippen molar-refractivity contribution in [3.63, 3.8) is 0 Å². The van der Waals surface area contributed by atoms with Gasteiger partial charge in [0.2, 0.25) is 5.95 Å². The number of hydrogen-bond donors (Lipinski definition) is 4. The second kappa shape index (κ2) is 7.06. The summed E-state index contributed by atoms with van der Waals surface area (Å²) in [5, 5.41) is 20.5. The van der Waals surface area contributed by atoms with Crippen molar-refractivity contribution in [3.05, 3.63) is 30.5 Å². The smallest absolute Gasteiger partial charge is 0.222 e. The molecular formula is C18H24N6O. The number of nitrogens with zero attached hydrogens (tertiary/aromatic N) is 3. The number of aliphatic hydroxyl groups is 1. The van der Waals surface area contributed by atoms with Crippen molar-refractivity contribution < 1.29 is 5.11 Å². The molecule has 2 aromatic heterocycles. The van der Waals surface area contributed by atoms with Crippen molar-refractivity contribution in [1.82, 2.24) is 20.2 Å². The normalized spacial score (nSPS) is 11.8.